The summed E-state index contributed by atoms with van der Waals surface area (Å²) >= 11 is 5.81. The van der Waals surface area contributed by atoms with Gasteiger partial charge < -0.3 is 9.84 Å². The van der Waals surface area contributed by atoms with Crippen LogP contribution >= 0.6 is 11.6 Å². The summed E-state index contributed by atoms with van der Waals surface area (Å²) in [6.07, 6.45) is 0. The smallest absolute Gasteiger partial charge is 0.126 e. The van der Waals surface area contributed by atoms with Crippen LogP contribution < -0.4 is 4.74 Å². The molecule has 0 fully saturated rings. The first-order chi connectivity index (χ1) is 9.19. The van der Waals surface area contributed by atoms with Crippen LogP contribution in [-0.4, -0.2) is 18.3 Å². The van der Waals surface area contributed by atoms with Crippen molar-refractivity contribution < 1.29 is 14.2 Å². The molecule has 2 aromatic rings. The van der Waals surface area contributed by atoms with Gasteiger partial charge in [-0.2, -0.15) is 0 Å². The normalized spacial score (nSPS) is 12.2. The Balaban J connectivity index is 2.01. The minimum absolute atomic E-state index is 0.0447. The van der Waals surface area contributed by atoms with E-state index >= 15 is 0 Å². The average molecular weight is 281 g/mol. The van der Waals surface area contributed by atoms with Crippen LogP contribution in [0.5, 0.6) is 5.75 Å². The maximum absolute atomic E-state index is 13.0. The second kappa shape index (κ2) is 6.55. The van der Waals surface area contributed by atoms with Crippen LogP contribution in [0, 0.1) is 5.82 Å². The summed E-state index contributed by atoms with van der Waals surface area (Å²) in [5, 5.41) is 10.0. The Morgan fingerprint density at radius 1 is 1.16 bits per heavy atom. The van der Waals surface area contributed by atoms with Crippen LogP contribution in [0.1, 0.15) is 11.5 Å². The SMILES string of the molecule is OCC(COc1cccc(F)c1)c1ccc(Cl)cc1. The first kappa shape index (κ1) is 13.8. The molecule has 1 N–H and O–H groups in total. The molecule has 0 spiro atoms. The van der Waals surface area contributed by atoms with E-state index in [1.54, 1.807) is 24.3 Å². The molecule has 0 aliphatic rings. The zero-order chi connectivity index (χ0) is 13.7. The van der Waals surface area contributed by atoms with Crippen LogP contribution in [-0.2, 0) is 0 Å². The Morgan fingerprint density at radius 3 is 2.53 bits per heavy atom. The minimum atomic E-state index is -0.343. The van der Waals surface area contributed by atoms with E-state index in [0.29, 0.717) is 10.8 Å². The van der Waals surface area contributed by atoms with Gasteiger partial charge in [-0.25, -0.2) is 4.39 Å². The molecule has 2 rings (SSSR count). The third-order valence-electron chi connectivity index (χ3n) is 2.81. The van der Waals surface area contributed by atoms with Gasteiger partial charge in [0.1, 0.15) is 11.6 Å². The lowest BCUT2D eigenvalue weighted by molar-refractivity contribution is 0.204. The lowest BCUT2D eigenvalue weighted by Gasteiger charge is -2.16. The van der Waals surface area contributed by atoms with Gasteiger partial charge >= 0.3 is 0 Å². The Bertz CT molecular complexity index is 528. The summed E-state index contributed by atoms with van der Waals surface area (Å²) in [7, 11) is 0. The van der Waals surface area contributed by atoms with E-state index in [1.165, 1.54) is 12.1 Å². The molecule has 0 saturated heterocycles. The van der Waals surface area contributed by atoms with Crippen LogP contribution in [0.3, 0.4) is 0 Å². The molecule has 0 amide bonds. The molecule has 0 heterocycles. The summed E-state index contributed by atoms with van der Waals surface area (Å²) in [6, 6.07) is 13.2. The molecule has 1 unspecified atom stereocenters. The standard InChI is InChI=1S/C15H14ClFO2/c16-13-6-4-11(5-7-13)12(9-18)10-19-15-3-1-2-14(17)8-15/h1-8,12,18H,9-10H2. The molecule has 0 saturated carbocycles. The van der Waals surface area contributed by atoms with Crippen molar-refractivity contribution in [3.63, 3.8) is 0 Å². The summed E-state index contributed by atoms with van der Waals surface area (Å²) in [5.74, 6) is -0.0579. The molecule has 1 atom stereocenters. The van der Waals surface area contributed by atoms with Crippen LogP contribution in [0.15, 0.2) is 48.5 Å². The number of aliphatic hydroxyl groups excluding tert-OH is 1. The molecule has 0 radical (unpaired) electrons. The first-order valence-corrected chi connectivity index (χ1v) is 6.31. The van der Waals surface area contributed by atoms with Crippen LogP contribution in [0.2, 0.25) is 5.02 Å². The molecule has 0 aliphatic carbocycles. The molecule has 4 heteroatoms. The van der Waals surface area contributed by atoms with Crippen LogP contribution in [0.4, 0.5) is 4.39 Å². The predicted molar refractivity (Wildman–Crippen MR) is 73.2 cm³/mol. The molecule has 2 nitrogen and oxygen atoms in total. The first-order valence-electron chi connectivity index (χ1n) is 5.93. The third-order valence-corrected chi connectivity index (χ3v) is 3.06. The number of rotatable bonds is 5. The van der Waals surface area contributed by atoms with Gasteiger partial charge in [-0.15, -0.1) is 0 Å². The number of ether oxygens (including phenoxy) is 1. The van der Waals surface area contributed by atoms with Crippen molar-refractivity contribution in [3.8, 4) is 5.75 Å². The Morgan fingerprint density at radius 2 is 1.89 bits per heavy atom. The van der Waals surface area contributed by atoms with Gasteiger partial charge in [0, 0.05) is 17.0 Å². The fraction of sp³-hybridized carbons (Fsp3) is 0.200. The zero-order valence-corrected chi connectivity index (χ0v) is 11.0. The molecule has 100 valence electrons. The van der Waals surface area contributed by atoms with E-state index < -0.39 is 0 Å². The summed E-state index contributed by atoms with van der Waals surface area (Å²) < 4.78 is 18.5. The van der Waals surface area contributed by atoms with E-state index in [9.17, 15) is 9.50 Å². The lowest BCUT2D eigenvalue weighted by Crippen LogP contribution is -2.14. The van der Waals surface area contributed by atoms with Crippen LogP contribution in [0.25, 0.3) is 0 Å². The number of aliphatic hydroxyl groups is 1. The van der Waals surface area contributed by atoms with Gasteiger partial charge in [0.05, 0.1) is 13.2 Å². The topological polar surface area (TPSA) is 29.5 Å². The third kappa shape index (κ3) is 3.94. The molecule has 0 bridgehead atoms. The van der Waals surface area contributed by atoms with Crippen molar-refractivity contribution in [1.82, 2.24) is 0 Å². The number of halogens is 2. The highest BCUT2D eigenvalue weighted by atomic mass is 35.5. The average Bonchev–Trinajstić information content (AvgIpc) is 2.41. The van der Waals surface area contributed by atoms with E-state index in [2.05, 4.69) is 0 Å². The molecular weight excluding hydrogens is 267 g/mol. The fourth-order valence-electron chi connectivity index (χ4n) is 1.74. The molecule has 0 aromatic heterocycles. The van der Waals surface area contributed by atoms with Gasteiger partial charge in [-0.3, -0.25) is 0 Å². The zero-order valence-electron chi connectivity index (χ0n) is 10.2. The van der Waals surface area contributed by atoms with Gasteiger partial charge in [0.15, 0.2) is 0 Å². The molecule has 19 heavy (non-hydrogen) atoms. The Labute approximate surface area is 116 Å². The summed E-state index contributed by atoms with van der Waals surface area (Å²) in [4.78, 5) is 0. The maximum atomic E-state index is 13.0. The van der Waals surface area contributed by atoms with E-state index in [-0.39, 0.29) is 24.9 Å². The molecule has 2 aromatic carbocycles. The minimum Gasteiger partial charge on any atom is -0.493 e. The summed E-state index contributed by atoms with van der Waals surface area (Å²) in [5.41, 5.74) is 0.934. The van der Waals surface area contributed by atoms with Crippen molar-refractivity contribution in [2.75, 3.05) is 13.2 Å². The van der Waals surface area contributed by atoms with Gasteiger partial charge in [0.2, 0.25) is 0 Å². The van der Waals surface area contributed by atoms with Gasteiger partial charge in [-0.1, -0.05) is 29.8 Å². The van der Waals surface area contributed by atoms with Gasteiger partial charge in [-0.05, 0) is 29.8 Å². The second-order valence-electron chi connectivity index (χ2n) is 4.20. The Hall–Kier alpha value is -1.58. The van der Waals surface area contributed by atoms with Crippen molar-refractivity contribution in [2.45, 2.75) is 5.92 Å². The van der Waals surface area contributed by atoms with Crippen molar-refractivity contribution in [2.24, 2.45) is 0 Å². The van der Waals surface area contributed by atoms with Gasteiger partial charge in [0.25, 0.3) is 0 Å². The van der Waals surface area contributed by atoms with Crippen molar-refractivity contribution >= 4 is 11.6 Å². The largest absolute Gasteiger partial charge is 0.493 e. The molecular formula is C15H14ClFO2. The second-order valence-corrected chi connectivity index (χ2v) is 4.64. The highest BCUT2D eigenvalue weighted by molar-refractivity contribution is 6.30. The summed E-state index contributed by atoms with van der Waals surface area (Å²) in [6.45, 7) is 0.235. The maximum Gasteiger partial charge on any atom is 0.126 e. The number of hydrogen-bond donors (Lipinski definition) is 1. The highest BCUT2D eigenvalue weighted by Crippen LogP contribution is 2.20. The lowest BCUT2D eigenvalue weighted by atomic mass is 10.0. The fourth-order valence-corrected chi connectivity index (χ4v) is 1.87. The highest BCUT2D eigenvalue weighted by Gasteiger charge is 2.11. The monoisotopic (exact) mass is 280 g/mol. The van der Waals surface area contributed by atoms with E-state index in [4.69, 9.17) is 16.3 Å². The molecule has 0 aliphatic heterocycles. The number of benzene rings is 2. The Kier molecular flexibility index (Phi) is 4.77. The van der Waals surface area contributed by atoms with Crippen molar-refractivity contribution in [3.05, 3.63) is 64.9 Å². The quantitative estimate of drug-likeness (QED) is 0.906. The van der Waals surface area contributed by atoms with E-state index in [0.717, 1.165) is 5.56 Å². The van der Waals surface area contributed by atoms with E-state index in [1.807, 2.05) is 12.1 Å². The van der Waals surface area contributed by atoms with Crippen molar-refractivity contribution in [1.29, 1.82) is 0 Å². The predicted octanol–water partition coefficient (Wildman–Crippen LogP) is 3.63. The number of hydrogen-bond acceptors (Lipinski definition) is 2.